The van der Waals surface area contributed by atoms with E-state index in [0.29, 0.717) is 11.6 Å². The van der Waals surface area contributed by atoms with E-state index in [1.807, 2.05) is 30.4 Å². The fourth-order valence-corrected chi connectivity index (χ4v) is 1.13. The zero-order valence-corrected chi connectivity index (χ0v) is 8.29. The van der Waals surface area contributed by atoms with Gasteiger partial charge in [0.2, 0.25) is 0 Å². The molecule has 0 aliphatic heterocycles. The van der Waals surface area contributed by atoms with Crippen LogP contribution in [0.25, 0.3) is 6.08 Å². The van der Waals surface area contributed by atoms with Crippen molar-refractivity contribution in [1.82, 2.24) is 0 Å². The Hall–Kier alpha value is -1.48. The lowest BCUT2D eigenvalue weighted by molar-refractivity contribution is 0.259. The van der Waals surface area contributed by atoms with Crippen molar-refractivity contribution in [2.24, 2.45) is 5.73 Å². The third-order valence-electron chi connectivity index (χ3n) is 1.55. The van der Waals surface area contributed by atoms with Crippen molar-refractivity contribution >= 4 is 29.4 Å². The predicted molar refractivity (Wildman–Crippen MR) is 59.4 cm³/mol. The third kappa shape index (κ3) is 3.49. The number of allylic oxidation sites excluding steroid dienone is 1. The van der Waals surface area contributed by atoms with Gasteiger partial charge in [-0.2, -0.15) is 0 Å². The van der Waals surface area contributed by atoms with Crippen LogP contribution in [0.1, 0.15) is 5.56 Å². The molecule has 0 fully saturated rings. The van der Waals surface area contributed by atoms with Crippen LogP contribution in [0.2, 0.25) is 0 Å². The molecule has 1 aromatic rings. The number of alkyl halides is 1. The van der Waals surface area contributed by atoms with Crippen molar-refractivity contribution in [3.8, 4) is 0 Å². The van der Waals surface area contributed by atoms with Crippen LogP contribution in [0.4, 0.5) is 10.5 Å². The summed E-state index contributed by atoms with van der Waals surface area (Å²) in [7, 11) is 0. The number of nitrogens with two attached hydrogens (primary N) is 1. The van der Waals surface area contributed by atoms with E-state index in [1.165, 1.54) is 0 Å². The summed E-state index contributed by atoms with van der Waals surface area (Å²) in [6.45, 7) is 0. The molecule has 0 heterocycles. The number of primary amides is 1. The summed E-state index contributed by atoms with van der Waals surface area (Å²) in [6.07, 6.45) is 3.70. The first-order chi connectivity index (χ1) is 6.72. The van der Waals surface area contributed by atoms with Crippen LogP contribution in [0.15, 0.2) is 30.3 Å². The van der Waals surface area contributed by atoms with E-state index in [1.54, 1.807) is 6.07 Å². The van der Waals surface area contributed by atoms with Gasteiger partial charge in [0, 0.05) is 11.6 Å². The molecule has 0 aliphatic carbocycles. The number of rotatable bonds is 3. The number of urea groups is 1. The lowest BCUT2D eigenvalue weighted by Gasteiger charge is -2.01. The highest BCUT2D eigenvalue weighted by molar-refractivity contribution is 6.19. The number of carbonyl (C=O) groups is 1. The molecule has 1 rings (SSSR count). The summed E-state index contributed by atoms with van der Waals surface area (Å²) in [5.41, 5.74) is 6.63. The van der Waals surface area contributed by atoms with Gasteiger partial charge in [-0.3, -0.25) is 0 Å². The van der Waals surface area contributed by atoms with Crippen molar-refractivity contribution < 1.29 is 4.79 Å². The monoisotopic (exact) mass is 210 g/mol. The van der Waals surface area contributed by atoms with Gasteiger partial charge in [0.1, 0.15) is 0 Å². The molecule has 4 heteroatoms. The number of halogens is 1. The van der Waals surface area contributed by atoms with Gasteiger partial charge in [-0.1, -0.05) is 24.3 Å². The van der Waals surface area contributed by atoms with E-state index in [-0.39, 0.29) is 0 Å². The molecule has 0 atom stereocenters. The number of hydrogen-bond acceptors (Lipinski definition) is 1. The van der Waals surface area contributed by atoms with Gasteiger partial charge >= 0.3 is 6.03 Å². The van der Waals surface area contributed by atoms with Crippen LogP contribution in [0.3, 0.4) is 0 Å². The van der Waals surface area contributed by atoms with Gasteiger partial charge < -0.3 is 11.1 Å². The minimum atomic E-state index is -0.566. The molecule has 2 amide bonds. The number of benzene rings is 1. The molecule has 0 aromatic heterocycles. The van der Waals surface area contributed by atoms with E-state index < -0.39 is 6.03 Å². The lowest BCUT2D eigenvalue weighted by atomic mass is 10.2. The topological polar surface area (TPSA) is 55.1 Å². The number of hydrogen-bond donors (Lipinski definition) is 2. The smallest absolute Gasteiger partial charge is 0.316 e. The Kier molecular flexibility index (Phi) is 4.01. The van der Waals surface area contributed by atoms with E-state index in [0.717, 1.165) is 5.56 Å². The third-order valence-corrected chi connectivity index (χ3v) is 1.73. The van der Waals surface area contributed by atoms with E-state index in [4.69, 9.17) is 17.3 Å². The zero-order valence-electron chi connectivity index (χ0n) is 7.53. The molecule has 3 N–H and O–H groups in total. The molecular weight excluding hydrogens is 200 g/mol. The maximum atomic E-state index is 10.6. The fraction of sp³-hybridized carbons (Fsp3) is 0.100. The highest BCUT2D eigenvalue weighted by Gasteiger charge is 1.95. The highest BCUT2D eigenvalue weighted by atomic mass is 35.5. The Morgan fingerprint density at radius 2 is 2.36 bits per heavy atom. The molecule has 0 spiro atoms. The number of carbonyl (C=O) groups excluding carboxylic acids is 1. The average Bonchev–Trinajstić information content (AvgIpc) is 2.14. The summed E-state index contributed by atoms with van der Waals surface area (Å²) >= 11 is 5.50. The Labute approximate surface area is 87.6 Å². The Balaban J connectivity index is 2.78. The molecule has 3 nitrogen and oxygen atoms in total. The first-order valence-electron chi connectivity index (χ1n) is 4.11. The minimum Gasteiger partial charge on any atom is -0.351 e. The summed E-state index contributed by atoms with van der Waals surface area (Å²) in [6, 6.07) is 6.76. The van der Waals surface area contributed by atoms with Crippen LogP contribution in [0, 0.1) is 0 Å². The highest BCUT2D eigenvalue weighted by Crippen LogP contribution is 2.11. The van der Waals surface area contributed by atoms with Crippen LogP contribution >= 0.6 is 11.6 Å². The SMILES string of the molecule is NC(=O)Nc1cccc(C=CCCl)c1. The standard InChI is InChI=1S/C10H11ClN2O/c11-6-2-4-8-3-1-5-9(7-8)13-10(12)14/h1-5,7H,6H2,(H3,12,13,14). The molecule has 0 bridgehead atoms. The quantitative estimate of drug-likeness (QED) is 0.740. The first kappa shape index (κ1) is 10.6. The first-order valence-corrected chi connectivity index (χ1v) is 4.65. The van der Waals surface area contributed by atoms with Crippen LogP contribution < -0.4 is 11.1 Å². The maximum absolute atomic E-state index is 10.6. The van der Waals surface area contributed by atoms with Crippen LogP contribution in [0.5, 0.6) is 0 Å². The second-order valence-electron chi connectivity index (χ2n) is 2.67. The molecule has 0 saturated heterocycles. The van der Waals surface area contributed by atoms with E-state index in [9.17, 15) is 4.79 Å². The molecule has 0 unspecified atom stereocenters. The summed E-state index contributed by atoms with van der Waals surface area (Å²) < 4.78 is 0. The van der Waals surface area contributed by atoms with Gasteiger partial charge in [0.05, 0.1) is 0 Å². The number of nitrogens with one attached hydrogen (secondary N) is 1. The molecule has 0 radical (unpaired) electrons. The lowest BCUT2D eigenvalue weighted by Crippen LogP contribution is -2.19. The Bertz CT molecular complexity index is 350. The van der Waals surface area contributed by atoms with Gasteiger partial charge in [0.25, 0.3) is 0 Å². The van der Waals surface area contributed by atoms with E-state index in [2.05, 4.69) is 5.32 Å². The largest absolute Gasteiger partial charge is 0.351 e. The predicted octanol–water partition coefficient (Wildman–Crippen LogP) is 2.43. The second kappa shape index (κ2) is 5.29. The maximum Gasteiger partial charge on any atom is 0.316 e. The van der Waals surface area contributed by atoms with Gasteiger partial charge in [-0.15, -0.1) is 11.6 Å². The Morgan fingerprint density at radius 1 is 1.57 bits per heavy atom. The molecule has 14 heavy (non-hydrogen) atoms. The normalized spacial score (nSPS) is 10.4. The van der Waals surface area contributed by atoms with E-state index >= 15 is 0 Å². The molecule has 1 aromatic carbocycles. The molecule has 74 valence electrons. The molecule has 0 saturated carbocycles. The van der Waals surface area contributed by atoms with Gasteiger partial charge in [-0.25, -0.2) is 4.79 Å². The van der Waals surface area contributed by atoms with Gasteiger partial charge in [0.15, 0.2) is 0 Å². The van der Waals surface area contributed by atoms with Crippen molar-refractivity contribution in [1.29, 1.82) is 0 Å². The summed E-state index contributed by atoms with van der Waals surface area (Å²) in [4.78, 5) is 10.6. The molecular formula is C10H11ClN2O. The van der Waals surface area contributed by atoms with Crippen molar-refractivity contribution in [3.63, 3.8) is 0 Å². The summed E-state index contributed by atoms with van der Waals surface area (Å²) in [5.74, 6) is 0.466. The van der Waals surface area contributed by atoms with Gasteiger partial charge in [-0.05, 0) is 17.7 Å². The van der Waals surface area contributed by atoms with Crippen molar-refractivity contribution in [2.45, 2.75) is 0 Å². The summed E-state index contributed by atoms with van der Waals surface area (Å²) in [5, 5.41) is 2.49. The van der Waals surface area contributed by atoms with Crippen molar-refractivity contribution in [3.05, 3.63) is 35.9 Å². The molecule has 0 aliphatic rings. The average molecular weight is 211 g/mol. The number of amides is 2. The second-order valence-corrected chi connectivity index (χ2v) is 2.98. The minimum absolute atomic E-state index is 0.466. The van der Waals surface area contributed by atoms with Crippen LogP contribution in [-0.2, 0) is 0 Å². The Morgan fingerprint density at radius 3 is 3.00 bits per heavy atom. The van der Waals surface area contributed by atoms with Crippen molar-refractivity contribution in [2.75, 3.05) is 11.2 Å². The fourth-order valence-electron chi connectivity index (χ4n) is 1.04. The number of anilines is 1. The zero-order chi connectivity index (χ0) is 10.4. The van der Waals surface area contributed by atoms with Crippen LogP contribution in [-0.4, -0.2) is 11.9 Å².